The molecule has 9 nitrogen and oxygen atoms in total. The smallest absolute Gasteiger partial charge is 0.333 e. The minimum atomic E-state index is -0.907. The van der Waals surface area contributed by atoms with Crippen molar-refractivity contribution in [3.8, 4) is 5.88 Å². The van der Waals surface area contributed by atoms with Crippen LogP contribution in [-0.4, -0.2) is 26.0 Å². The summed E-state index contributed by atoms with van der Waals surface area (Å²) in [4.78, 5) is 33.8. The molecule has 0 aromatic carbocycles. The second-order valence-corrected chi connectivity index (χ2v) is 3.58. The highest BCUT2D eigenvalue weighted by Crippen LogP contribution is 2.09. The van der Waals surface area contributed by atoms with Gasteiger partial charge in [0.25, 0.3) is 5.56 Å². The quantitative estimate of drug-likeness (QED) is 0.424. The fraction of sp³-hybridized carbons (Fsp3) is 0.333. The zero-order chi connectivity index (χ0) is 14.0. The van der Waals surface area contributed by atoms with Crippen molar-refractivity contribution in [2.24, 2.45) is 24.9 Å². The Morgan fingerprint density at radius 2 is 1.89 bits per heavy atom. The number of nitrogens with two attached hydrogens (primary N) is 1. The van der Waals surface area contributed by atoms with E-state index in [9.17, 15) is 19.5 Å². The molecule has 0 radical (unpaired) electrons. The highest BCUT2D eigenvalue weighted by molar-refractivity contribution is 6.00. The van der Waals surface area contributed by atoms with Gasteiger partial charge in [0, 0.05) is 14.1 Å². The molecule has 0 aliphatic heterocycles. The summed E-state index contributed by atoms with van der Waals surface area (Å²) in [6.45, 7) is 1.39. The highest BCUT2D eigenvalue weighted by Gasteiger charge is 2.17. The van der Waals surface area contributed by atoms with E-state index in [4.69, 9.17) is 5.73 Å². The summed E-state index contributed by atoms with van der Waals surface area (Å²) in [6, 6.07) is -0.907. The Hall–Kier alpha value is -2.58. The van der Waals surface area contributed by atoms with Crippen LogP contribution in [0.25, 0.3) is 0 Å². The molecular weight excluding hydrogens is 242 g/mol. The van der Waals surface area contributed by atoms with E-state index in [-0.39, 0.29) is 11.3 Å². The molecule has 4 N–H and O–H groups in total. The molecule has 0 saturated heterocycles. The first-order chi connectivity index (χ1) is 8.27. The van der Waals surface area contributed by atoms with Crippen LogP contribution in [0.2, 0.25) is 0 Å². The monoisotopic (exact) mass is 255 g/mol. The van der Waals surface area contributed by atoms with Crippen LogP contribution in [0, 0.1) is 0 Å². The molecule has 98 valence electrons. The number of amides is 2. The van der Waals surface area contributed by atoms with Gasteiger partial charge >= 0.3 is 11.7 Å². The molecule has 0 atom stereocenters. The summed E-state index contributed by atoms with van der Waals surface area (Å²) >= 11 is 0. The standard InChI is InChI=1S/C9H13N5O4/c1-4(11-12-8(10)17)5-6(15)13(2)9(18)14(3)7(5)16/h15H,1-3H3,(H3,10,12,17)/b11-4-. The Bertz CT molecular complexity index is 640. The van der Waals surface area contributed by atoms with Crippen molar-refractivity contribution in [3.05, 3.63) is 26.4 Å². The number of carbonyl (C=O) groups is 1. The molecule has 0 saturated carbocycles. The molecule has 1 aromatic rings. The van der Waals surface area contributed by atoms with Crippen LogP contribution in [0.4, 0.5) is 4.79 Å². The number of hydrogen-bond donors (Lipinski definition) is 3. The molecule has 0 aliphatic rings. The number of nitrogens with zero attached hydrogens (tertiary/aromatic N) is 3. The van der Waals surface area contributed by atoms with Crippen LogP contribution in [0.3, 0.4) is 0 Å². The van der Waals surface area contributed by atoms with Gasteiger partial charge in [-0.2, -0.15) is 5.10 Å². The van der Waals surface area contributed by atoms with Crippen molar-refractivity contribution >= 4 is 11.7 Å². The van der Waals surface area contributed by atoms with Crippen LogP contribution in [0.5, 0.6) is 5.88 Å². The van der Waals surface area contributed by atoms with Crippen LogP contribution < -0.4 is 22.4 Å². The Kier molecular flexibility index (Phi) is 3.55. The second-order valence-electron chi connectivity index (χ2n) is 3.58. The third kappa shape index (κ3) is 2.24. The van der Waals surface area contributed by atoms with Crippen LogP contribution in [0.1, 0.15) is 12.5 Å². The zero-order valence-corrected chi connectivity index (χ0v) is 10.1. The Labute approximate surface area is 101 Å². The van der Waals surface area contributed by atoms with Gasteiger partial charge in [0.05, 0.1) is 5.71 Å². The first-order valence-corrected chi connectivity index (χ1v) is 4.86. The molecule has 0 fully saturated rings. The third-order valence-corrected chi connectivity index (χ3v) is 2.33. The van der Waals surface area contributed by atoms with Gasteiger partial charge in [-0.3, -0.25) is 13.9 Å². The maximum atomic E-state index is 11.8. The SMILES string of the molecule is C/C(=N/NC(N)=O)c1c(O)n(C)c(=O)n(C)c1=O. The molecule has 1 heterocycles. The molecule has 0 spiro atoms. The average molecular weight is 255 g/mol. The van der Waals surface area contributed by atoms with E-state index in [1.807, 2.05) is 5.43 Å². The van der Waals surface area contributed by atoms with Crippen molar-refractivity contribution < 1.29 is 9.90 Å². The van der Waals surface area contributed by atoms with Gasteiger partial charge in [-0.15, -0.1) is 0 Å². The molecule has 2 amide bonds. The summed E-state index contributed by atoms with van der Waals surface area (Å²) in [6.07, 6.45) is 0. The number of urea groups is 1. The number of hydrazone groups is 1. The van der Waals surface area contributed by atoms with Gasteiger partial charge in [-0.25, -0.2) is 15.0 Å². The van der Waals surface area contributed by atoms with Crippen LogP contribution >= 0.6 is 0 Å². The Morgan fingerprint density at radius 3 is 2.39 bits per heavy atom. The predicted octanol–water partition coefficient (Wildman–Crippen LogP) is -1.82. The first-order valence-electron chi connectivity index (χ1n) is 4.86. The van der Waals surface area contributed by atoms with Gasteiger partial charge in [0.15, 0.2) is 0 Å². The van der Waals surface area contributed by atoms with E-state index >= 15 is 0 Å². The number of nitrogens with one attached hydrogen (secondary N) is 1. The van der Waals surface area contributed by atoms with Gasteiger partial charge in [-0.05, 0) is 6.92 Å². The minimum Gasteiger partial charge on any atom is -0.494 e. The summed E-state index contributed by atoms with van der Waals surface area (Å²) in [5.74, 6) is -0.532. The van der Waals surface area contributed by atoms with E-state index in [0.717, 1.165) is 9.13 Å². The molecule has 1 rings (SSSR count). The fourth-order valence-electron chi connectivity index (χ4n) is 1.34. The van der Waals surface area contributed by atoms with Crippen LogP contribution in [0.15, 0.2) is 14.7 Å². The number of rotatable bonds is 2. The number of aromatic hydroxyl groups is 1. The molecule has 1 aromatic heterocycles. The van der Waals surface area contributed by atoms with Gasteiger partial charge in [0.2, 0.25) is 5.88 Å². The first kappa shape index (κ1) is 13.5. The normalized spacial score (nSPS) is 11.4. The van der Waals surface area contributed by atoms with E-state index in [0.29, 0.717) is 0 Å². The number of primary amides is 1. The Balaban J connectivity index is 3.52. The van der Waals surface area contributed by atoms with E-state index in [1.54, 1.807) is 0 Å². The molecule has 0 bridgehead atoms. The summed E-state index contributed by atoms with van der Waals surface area (Å²) in [7, 11) is 2.57. The molecule has 9 heteroatoms. The van der Waals surface area contributed by atoms with Crippen molar-refractivity contribution in [3.63, 3.8) is 0 Å². The van der Waals surface area contributed by atoms with Crippen LogP contribution in [-0.2, 0) is 14.1 Å². The van der Waals surface area contributed by atoms with E-state index in [1.165, 1.54) is 21.0 Å². The maximum absolute atomic E-state index is 11.8. The molecule has 0 unspecified atom stereocenters. The average Bonchev–Trinajstić information content (AvgIpc) is 2.31. The van der Waals surface area contributed by atoms with Gasteiger partial charge in [-0.1, -0.05) is 0 Å². The van der Waals surface area contributed by atoms with Crippen molar-refractivity contribution in [1.29, 1.82) is 0 Å². The van der Waals surface area contributed by atoms with Crippen molar-refractivity contribution in [1.82, 2.24) is 14.6 Å². The molecule has 18 heavy (non-hydrogen) atoms. The fourth-order valence-corrected chi connectivity index (χ4v) is 1.34. The number of hydrogen-bond acceptors (Lipinski definition) is 5. The predicted molar refractivity (Wildman–Crippen MR) is 63.5 cm³/mol. The molecule has 0 aliphatic carbocycles. The number of carbonyl (C=O) groups excluding carboxylic acids is 1. The lowest BCUT2D eigenvalue weighted by Gasteiger charge is -2.09. The molecular formula is C9H13N5O4. The van der Waals surface area contributed by atoms with E-state index < -0.39 is 23.2 Å². The zero-order valence-electron chi connectivity index (χ0n) is 10.1. The summed E-state index contributed by atoms with van der Waals surface area (Å²) in [5, 5.41) is 13.3. The Morgan fingerprint density at radius 1 is 1.33 bits per heavy atom. The lowest BCUT2D eigenvalue weighted by molar-refractivity contribution is 0.249. The topological polar surface area (TPSA) is 132 Å². The van der Waals surface area contributed by atoms with Crippen molar-refractivity contribution in [2.45, 2.75) is 6.92 Å². The summed E-state index contributed by atoms with van der Waals surface area (Å²) < 4.78 is 1.71. The van der Waals surface area contributed by atoms with Gasteiger partial charge < -0.3 is 10.8 Å². The van der Waals surface area contributed by atoms with Gasteiger partial charge in [0.1, 0.15) is 5.56 Å². The lowest BCUT2D eigenvalue weighted by Crippen LogP contribution is -2.40. The number of aromatic nitrogens is 2. The highest BCUT2D eigenvalue weighted by atomic mass is 16.3. The summed E-state index contributed by atoms with van der Waals surface area (Å²) in [5.41, 5.74) is 5.21. The third-order valence-electron chi connectivity index (χ3n) is 2.33. The largest absolute Gasteiger partial charge is 0.494 e. The maximum Gasteiger partial charge on any atom is 0.333 e. The second kappa shape index (κ2) is 4.73. The van der Waals surface area contributed by atoms with E-state index in [2.05, 4.69) is 5.10 Å². The minimum absolute atomic E-state index is 0.0301. The lowest BCUT2D eigenvalue weighted by atomic mass is 10.2. The van der Waals surface area contributed by atoms with Crippen molar-refractivity contribution in [2.75, 3.05) is 0 Å².